The summed E-state index contributed by atoms with van der Waals surface area (Å²) in [5.41, 5.74) is 0.870. The number of carbonyl (C=O) groups is 2. The van der Waals surface area contributed by atoms with E-state index in [1.807, 2.05) is 41.5 Å². The molecule has 0 bridgehead atoms. The molecule has 0 spiro atoms. The fraction of sp³-hybridized carbons (Fsp3) is 0.600. The van der Waals surface area contributed by atoms with Crippen LogP contribution in [0.1, 0.15) is 69.4 Å². The Morgan fingerprint density at radius 3 is 1.70 bits per heavy atom. The van der Waals surface area contributed by atoms with E-state index in [4.69, 9.17) is 9.05 Å². The van der Waals surface area contributed by atoms with Gasteiger partial charge in [-0.3, -0.25) is 14.2 Å². The van der Waals surface area contributed by atoms with Gasteiger partial charge in [-0.05, 0) is 23.0 Å². The van der Waals surface area contributed by atoms with Gasteiger partial charge in [-0.15, -0.1) is 0 Å². The second kappa shape index (κ2) is 8.26. The lowest BCUT2D eigenvalue weighted by atomic mass is 9.78. The molecule has 0 saturated heterocycles. The molecule has 0 aliphatic carbocycles. The molecule has 0 atom stereocenters. The number of aromatic hydroxyl groups is 1. The van der Waals surface area contributed by atoms with Crippen molar-refractivity contribution >= 4 is 19.2 Å². The maximum atomic E-state index is 12.7. The summed E-state index contributed by atoms with van der Waals surface area (Å²) in [7, 11) is -1.11. The molecule has 0 aromatic heterocycles. The van der Waals surface area contributed by atoms with Gasteiger partial charge in [0.15, 0.2) is 11.6 Å². The van der Waals surface area contributed by atoms with Gasteiger partial charge < -0.3 is 14.2 Å². The van der Waals surface area contributed by atoms with Crippen LogP contribution in [0, 0.1) is 0 Å². The zero-order valence-corrected chi connectivity index (χ0v) is 18.4. The fourth-order valence-electron chi connectivity index (χ4n) is 2.70. The number of rotatable bonds is 7. The van der Waals surface area contributed by atoms with Crippen molar-refractivity contribution in [1.29, 1.82) is 0 Å². The Morgan fingerprint density at radius 1 is 0.963 bits per heavy atom. The van der Waals surface area contributed by atoms with Gasteiger partial charge in [0.05, 0.1) is 6.42 Å². The van der Waals surface area contributed by atoms with Crippen molar-refractivity contribution in [3.8, 4) is 5.75 Å². The predicted octanol–water partition coefficient (Wildman–Crippen LogP) is 4.62. The average Bonchev–Trinajstić information content (AvgIpc) is 2.52. The minimum absolute atomic E-state index is 0.168. The molecule has 0 amide bonds. The maximum absolute atomic E-state index is 12.7. The number of ketones is 2. The molecule has 0 aliphatic rings. The topological polar surface area (TPSA) is 89.9 Å². The summed E-state index contributed by atoms with van der Waals surface area (Å²) in [6.45, 7) is 11.7. The average molecular weight is 398 g/mol. The summed E-state index contributed by atoms with van der Waals surface area (Å²) in [6, 6.07) is 3.26. The Kier molecular flexibility index (Phi) is 7.20. The monoisotopic (exact) mass is 398 g/mol. The molecule has 1 aromatic rings. The van der Waals surface area contributed by atoms with Gasteiger partial charge in [-0.2, -0.15) is 0 Å². The summed E-state index contributed by atoms with van der Waals surface area (Å²) in [5, 5.41) is 10.7. The van der Waals surface area contributed by atoms with E-state index in [0.29, 0.717) is 16.7 Å². The molecule has 1 rings (SSSR count). The van der Waals surface area contributed by atoms with E-state index < -0.39 is 31.7 Å². The number of Topliss-reactive ketones (excluding diaryl/α,β-unsaturated/α-hetero) is 2. The largest absolute Gasteiger partial charge is 0.507 e. The van der Waals surface area contributed by atoms with Gasteiger partial charge in [-0.25, -0.2) is 0 Å². The van der Waals surface area contributed by atoms with Gasteiger partial charge in [0, 0.05) is 30.9 Å². The lowest BCUT2D eigenvalue weighted by Gasteiger charge is -2.28. The van der Waals surface area contributed by atoms with Crippen molar-refractivity contribution in [3.05, 3.63) is 28.8 Å². The van der Waals surface area contributed by atoms with E-state index in [-0.39, 0.29) is 16.6 Å². The van der Waals surface area contributed by atoms with Gasteiger partial charge >= 0.3 is 7.60 Å². The molecular weight excluding hydrogens is 367 g/mol. The van der Waals surface area contributed by atoms with Crippen LogP contribution in [0.25, 0.3) is 0 Å². The highest BCUT2D eigenvalue weighted by molar-refractivity contribution is 7.54. The van der Waals surface area contributed by atoms with E-state index in [9.17, 15) is 19.3 Å². The minimum Gasteiger partial charge on any atom is -0.507 e. The van der Waals surface area contributed by atoms with Crippen LogP contribution in [0.4, 0.5) is 0 Å². The zero-order valence-electron chi connectivity index (χ0n) is 17.5. The van der Waals surface area contributed by atoms with E-state index in [2.05, 4.69) is 0 Å². The summed E-state index contributed by atoms with van der Waals surface area (Å²) in [4.78, 5) is 24.9. The van der Waals surface area contributed by atoms with Gasteiger partial charge in [0.25, 0.3) is 0 Å². The smallest absolute Gasteiger partial charge is 0.337 e. The predicted molar refractivity (Wildman–Crippen MR) is 106 cm³/mol. The molecule has 0 unspecified atom stereocenters. The molecule has 0 radical (unpaired) electrons. The Morgan fingerprint density at radius 2 is 1.37 bits per heavy atom. The Labute approximate surface area is 161 Å². The molecule has 7 heteroatoms. The quantitative estimate of drug-likeness (QED) is 0.410. The van der Waals surface area contributed by atoms with Crippen LogP contribution >= 0.6 is 7.60 Å². The van der Waals surface area contributed by atoms with Crippen LogP contribution in [0.2, 0.25) is 0 Å². The molecule has 152 valence electrons. The standard InChI is InChI=1S/C20H31O6P/c1-19(2,3)15-9-13(10-16(18(15)23)20(4,5)6)17(22)11-14(21)12-27(24,25-7)26-8/h9-10,23H,11-12H2,1-8H3. The number of hydrogen-bond donors (Lipinski definition) is 1. The molecule has 1 N–H and O–H groups in total. The van der Waals surface area contributed by atoms with E-state index in [1.54, 1.807) is 12.1 Å². The zero-order chi connectivity index (χ0) is 21.2. The number of phenols is 1. The van der Waals surface area contributed by atoms with Crippen molar-refractivity contribution in [2.24, 2.45) is 0 Å². The highest BCUT2D eigenvalue weighted by atomic mass is 31.2. The maximum Gasteiger partial charge on any atom is 0.337 e. The normalized spacial score (nSPS) is 12.9. The van der Waals surface area contributed by atoms with Crippen molar-refractivity contribution in [3.63, 3.8) is 0 Å². The number of carbonyl (C=O) groups excluding carboxylic acids is 2. The van der Waals surface area contributed by atoms with Crippen molar-refractivity contribution in [2.45, 2.75) is 58.8 Å². The fourth-order valence-corrected chi connectivity index (χ4v) is 3.65. The Hall–Kier alpha value is -1.49. The summed E-state index contributed by atoms with van der Waals surface area (Å²) in [6.07, 6.45) is -0.864. The van der Waals surface area contributed by atoms with Crippen molar-refractivity contribution in [2.75, 3.05) is 20.4 Å². The summed E-state index contributed by atoms with van der Waals surface area (Å²) in [5.74, 6) is -0.745. The first kappa shape index (κ1) is 23.5. The molecule has 0 fully saturated rings. The van der Waals surface area contributed by atoms with Crippen LogP contribution in [-0.4, -0.2) is 37.1 Å². The second-order valence-corrected chi connectivity index (χ2v) is 11.0. The summed E-state index contributed by atoms with van der Waals surface area (Å²) < 4.78 is 21.6. The SMILES string of the molecule is COP(=O)(CC(=O)CC(=O)c1cc(C(C)(C)C)c(O)c(C(C)(C)C)c1)OC. The molecule has 0 saturated carbocycles. The van der Waals surface area contributed by atoms with E-state index in [1.165, 1.54) is 14.2 Å². The van der Waals surface area contributed by atoms with E-state index >= 15 is 0 Å². The third kappa shape index (κ3) is 6.00. The molecular formula is C20H31O6P. The molecule has 6 nitrogen and oxygen atoms in total. The minimum atomic E-state index is -3.51. The lowest BCUT2D eigenvalue weighted by Crippen LogP contribution is -2.20. The lowest BCUT2D eigenvalue weighted by molar-refractivity contribution is -0.116. The Bertz CT molecular complexity index is 725. The summed E-state index contributed by atoms with van der Waals surface area (Å²) >= 11 is 0. The number of benzene rings is 1. The first-order valence-electron chi connectivity index (χ1n) is 8.78. The first-order valence-corrected chi connectivity index (χ1v) is 10.5. The molecule has 1 aromatic carbocycles. The van der Waals surface area contributed by atoms with Gasteiger partial charge in [-0.1, -0.05) is 41.5 Å². The van der Waals surface area contributed by atoms with Gasteiger partial charge in [0.1, 0.15) is 11.9 Å². The molecule has 27 heavy (non-hydrogen) atoms. The third-order valence-corrected chi connectivity index (χ3v) is 6.18. The second-order valence-electron chi connectivity index (χ2n) is 8.69. The highest BCUT2D eigenvalue weighted by Gasteiger charge is 2.30. The van der Waals surface area contributed by atoms with Crippen LogP contribution in [0.15, 0.2) is 12.1 Å². The van der Waals surface area contributed by atoms with Crippen LogP contribution in [-0.2, 0) is 29.2 Å². The molecule has 0 heterocycles. The first-order chi connectivity index (χ1) is 12.1. The Balaban J connectivity index is 3.28. The van der Waals surface area contributed by atoms with Crippen molar-refractivity contribution < 1.29 is 28.3 Å². The number of phenolic OH excluding ortho intramolecular Hbond substituents is 1. The van der Waals surface area contributed by atoms with Crippen molar-refractivity contribution in [1.82, 2.24) is 0 Å². The number of hydrogen-bond acceptors (Lipinski definition) is 6. The molecule has 0 aliphatic heterocycles. The van der Waals surface area contributed by atoms with Gasteiger partial charge in [0.2, 0.25) is 0 Å². The van der Waals surface area contributed by atoms with Crippen LogP contribution in [0.5, 0.6) is 5.75 Å². The van der Waals surface area contributed by atoms with Crippen LogP contribution < -0.4 is 0 Å². The van der Waals surface area contributed by atoms with E-state index in [0.717, 1.165) is 0 Å². The van der Waals surface area contributed by atoms with Crippen LogP contribution in [0.3, 0.4) is 0 Å². The third-order valence-electron chi connectivity index (χ3n) is 4.33. The highest BCUT2D eigenvalue weighted by Crippen LogP contribution is 2.46.